The van der Waals surface area contributed by atoms with Crippen molar-refractivity contribution >= 4 is 5.91 Å². The van der Waals surface area contributed by atoms with Gasteiger partial charge in [-0.05, 0) is 45.6 Å². The van der Waals surface area contributed by atoms with Crippen LogP contribution in [0.5, 0.6) is 0 Å². The third kappa shape index (κ3) is 3.43. The molecule has 0 spiro atoms. The molecule has 0 saturated carbocycles. The van der Waals surface area contributed by atoms with Crippen molar-refractivity contribution in [3.8, 4) is 0 Å². The fourth-order valence-electron chi connectivity index (χ4n) is 4.15. The summed E-state index contributed by atoms with van der Waals surface area (Å²) in [6.07, 6.45) is 3.72. The minimum atomic E-state index is 0.328. The van der Waals surface area contributed by atoms with Crippen molar-refractivity contribution in [3.05, 3.63) is 17.0 Å². The maximum atomic E-state index is 12.2. The first kappa shape index (κ1) is 16.5. The van der Waals surface area contributed by atoms with Crippen molar-refractivity contribution in [1.82, 2.24) is 20.0 Å². The van der Waals surface area contributed by atoms with Gasteiger partial charge in [0.25, 0.3) is 0 Å². The summed E-state index contributed by atoms with van der Waals surface area (Å²) in [7, 11) is 0. The molecular formula is C17H29N5O. The molecule has 2 fully saturated rings. The number of fused-ring (bicyclic) bond motifs is 1. The summed E-state index contributed by atoms with van der Waals surface area (Å²) in [4.78, 5) is 16.9. The smallest absolute Gasteiger partial charge is 0.222 e. The molecule has 6 heteroatoms. The molecule has 2 aliphatic rings. The highest BCUT2D eigenvalue weighted by Crippen LogP contribution is 2.32. The predicted molar refractivity (Wildman–Crippen MR) is 89.9 cm³/mol. The van der Waals surface area contributed by atoms with Gasteiger partial charge in [0.2, 0.25) is 5.91 Å². The summed E-state index contributed by atoms with van der Waals surface area (Å²) < 4.78 is 0. The molecule has 3 rings (SSSR count). The normalized spacial score (nSPS) is 25.7. The van der Waals surface area contributed by atoms with Crippen molar-refractivity contribution in [1.29, 1.82) is 0 Å². The summed E-state index contributed by atoms with van der Waals surface area (Å²) in [6.45, 7) is 8.75. The van der Waals surface area contributed by atoms with Gasteiger partial charge in [0.05, 0.1) is 5.69 Å². The van der Waals surface area contributed by atoms with Crippen molar-refractivity contribution in [2.24, 2.45) is 11.7 Å². The van der Waals surface area contributed by atoms with Crippen LogP contribution in [0.2, 0.25) is 0 Å². The first-order valence-electron chi connectivity index (χ1n) is 8.82. The van der Waals surface area contributed by atoms with Crippen LogP contribution in [0.15, 0.2) is 0 Å². The number of nitrogens with two attached hydrogens (primary N) is 1. The van der Waals surface area contributed by atoms with E-state index in [4.69, 9.17) is 5.73 Å². The second-order valence-corrected chi connectivity index (χ2v) is 7.03. The lowest BCUT2D eigenvalue weighted by Gasteiger charge is -2.47. The van der Waals surface area contributed by atoms with Crippen LogP contribution in [-0.2, 0) is 11.3 Å². The van der Waals surface area contributed by atoms with Crippen molar-refractivity contribution < 1.29 is 4.79 Å². The van der Waals surface area contributed by atoms with Crippen molar-refractivity contribution in [2.45, 2.75) is 52.1 Å². The highest BCUT2D eigenvalue weighted by Gasteiger charge is 2.38. The van der Waals surface area contributed by atoms with Crippen LogP contribution < -0.4 is 5.73 Å². The Balaban J connectivity index is 1.63. The van der Waals surface area contributed by atoms with E-state index in [2.05, 4.69) is 33.8 Å². The Morgan fingerprint density at radius 3 is 2.87 bits per heavy atom. The van der Waals surface area contributed by atoms with E-state index in [1.54, 1.807) is 0 Å². The molecule has 2 atom stereocenters. The molecule has 23 heavy (non-hydrogen) atoms. The number of nitrogens with zero attached hydrogens (tertiary/aromatic N) is 3. The number of carbonyl (C=O) groups is 1. The Hall–Kier alpha value is -1.40. The van der Waals surface area contributed by atoms with Crippen LogP contribution >= 0.6 is 0 Å². The average Bonchev–Trinajstić information content (AvgIpc) is 2.86. The maximum Gasteiger partial charge on any atom is 0.222 e. The zero-order valence-electron chi connectivity index (χ0n) is 14.3. The third-order valence-electron chi connectivity index (χ3n) is 5.49. The van der Waals surface area contributed by atoms with Crippen LogP contribution in [0, 0.1) is 19.8 Å². The molecule has 1 aromatic rings. The van der Waals surface area contributed by atoms with Gasteiger partial charge in [-0.15, -0.1) is 0 Å². The molecule has 0 aromatic carbocycles. The molecule has 1 aromatic heterocycles. The standard InChI is InChI=1S/C17H29N5O/c1-12-15(13(2)20-19-12)11-21-9-6-16-14(10-21)4-5-17(23)22(16)8-3-7-18/h14,16H,3-11,18H2,1-2H3,(H,19,20)/t14-,16+/m0/s1. The molecule has 2 saturated heterocycles. The SMILES string of the molecule is Cc1n[nH]c(C)c1CN1CC[C@@H]2[C@@H](CCC(=O)N2CCCN)C1. The zero-order valence-corrected chi connectivity index (χ0v) is 14.3. The molecule has 128 valence electrons. The minimum Gasteiger partial charge on any atom is -0.339 e. The Labute approximate surface area is 138 Å². The van der Waals surface area contributed by atoms with Crippen LogP contribution in [0.3, 0.4) is 0 Å². The third-order valence-corrected chi connectivity index (χ3v) is 5.49. The first-order chi connectivity index (χ1) is 11.1. The number of carbonyl (C=O) groups excluding carboxylic acids is 1. The lowest BCUT2D eigenvalue weighted by atomic mass is 9.83. The average molecular weight is 319 g/mol. The summed E-state index contributed by atoms with van der Waals surface area (Å²) in [5.74, 6) is 0.932. The Morgan fingerprint density at radius 1 is 1.35 bits per heavy atom. The molecule has 0 bridgehead atoms. The summed E-state index contributed by atoms with van der Waals surface area (Å²) in [5, 5.41) is 7.38. The lowest BCUT2D eigenvalue weighted by Crippen LogP contribution is -2.56. The van der Waals surface area contributed by atoms with Gasteiger partial charge in [0, 0.05) is 49.9 Å². The Kier molecular flexibility index (Phi) is 5.02. The molecule has 0 aliphatic carbocycles. The van der Waals surface area contributed by atoms with Crippen LogP contribution in [0.4, 0.5) is 0 Å². The molecule has 6 nitrogen and oxygen atoms in total. The number of aromatic nitrogens is 2. The Bertz CT molecular complexity index is 536. The quantitative estimate of drug-likeness (QED) is 0.854. The summed E-state index contributed by atoms with van der Waals surface area (Å²) in [5.41, 5.74) is 9.24. The van der Waals surface area contributed by atoms with Gasteiger partial charge in [0.1, 0.15) is 0 Å². The van der Waals surface area contributed by atoms with Crippen molar-refractivity contribution in [2.75, 3.05) is 26.2 Å². The van der Waals surface area contributed by atoms with Gasteiger partial charge in [-0.1, -0.05) is 0 Å². The lowest BCUT2D eigenvalue weighted by molar-refractivity contribution is -0.141. The van der Waals surface area contributed by atoms with Gasteiger partial charge in [-0.25, -0.2) is 0 Å². The molecular weight excluding hydrogens is 290 g/mol. The summed E-state index contributed by atoms with van der Waals surface area (Å²) in [6, 6.07) is 0.422. The molecule has 0 unspecified atom stereocenters. The monoisotopic (exact) mass is 319 g/mol. The molecule has 2 aliphatic heterocycles. The Morgan fingerprint density at radius 2 is 2.17 bits per heavy atom. The topological polar surface area (TPSA) is 78.2 Å². The first-order valence-corrected chi connectivity index (χ1v) is 8.82. The van der Waals surface area contributed by atoms with Crippen LogP contribution in [0.1, 0.15) is 42.6 Å². The van der Waals surface area contributed by atoms with E-state index in [0.717, 1.165) is 51.1 Å². The fourth-order valence-corrected chi connectivity index (χ4v) is 4.15. The zero-order chi connectivity index (χ0) is 16.4. The van der Waals surface area contributed by atoms with Gasteiger partial charge in [-0.2, -0.15) is 5.10 Å². The van der Waals surface area contributed by atoms with Gasteiger partial charge < -0.3 is 10.6 Å². The number of hydrogen-bond donors (Lipinski definition) is 2. The van der Waals surface area contributed by atoms with E-state index < -0.39 is 0 Å². The van der Waals surface area contributed by atoms with E-state index in [9.17, 15) is 4.79 Å². The number of aromatic amines is 1. The number of rotatable bonds is 5. The minimum absolute atomic E-state index is 0.328. The highest BCUT2D eigenvalue weighted by atomic mass is 16.2. The number of piperidine rings is 2. The molecule has 0 radical (unpaired) electrons. The highest BCUT2D eigenvalue weighted by molar-refractivity contribution is 5.77. The number of H-pyrrole nitrogens is 1. The van der Waals surface area contributed by atoms with E-state index in [-0.39, 0.29) is 0 Å². The van der Waals surface area contributed by atoms with Gasteiger partial charge in [-0.3, -0.25) is 14.8 Å². The second-order valence-electron chi connectivity index (χ2n) is 7.03. The predicted octanol–water partition coefficient (Wildman–Crippen LogP) is 1.19. The molecule has 3 N–H and O–H groups in total. The van der Waals surface area contributed by atoms with Gasteiger partial charge >= 0.3 is 0 Å². The molecule has 1 amide bonds. The van der Waals surface area contributed by atoms with Crippen LogP contribution in [-0.4, -0.2) is 58.1 Å². The fraction of sp³-hybridized carbons (Fsp3) is 0.765. The van der Waals surface area contributed by atoms with Crippen LogP contribution in [0.25, 0.3) is 0 Å². The van der Waals surface area contributed by atoms with Crippen molar-refractivity contribution in [3.63, 3.8) is 0 Å². The number of hydrogen-bond acceptors (Lipinski definition) is 4. The van der Waals surface area contributed by atoms with E-state index in [0.29, 0.717) is 30.8 Å². The summed E-state index contributed by atoms with van der Waals surface area (Å²) >= 11 is 0. The maximum absolute atomic E-state index is 12.2. The molecule has 3 heterocycles. The number of aryl methyl sites for hydroxylation is 2. The number of amides is 1. The van der Waals surface area contributed by atoms with E-state index in [1.807, 2.05) is 0 Å². The van der Waals surface area contributed by atoms with E-state index in [1.165, 1.54) is 11.3 Å². The number of likely N-dealkylation sites (tertiary alicyclic amines) is 2. The number of nitrogens with one attached hydrogen (secondary N) is 1. The second kappa shape index (κ2) is 7.01. The van der Waals surface area contributed by atoms with E-state index >= 15 is 0 Å². The largest absolute Gasteiger partial charge is 0.339 e. The van der Waals surface area contributed by atoms with Gasteiger partial charge in [0.15, 0.2) is 0 Å².